The third-order valence-corrected chi connectivity index (χ3v) is 8.42. The summed E-state index contributed by atoms with van der Waals surface area (Å²) in [5, 5.41) is 20.5. The number of piperidine rings is 1. The highest BCUT2D eigenvalue weighted by molar-refractivity contribution is 5.94. The van der Waals surface area contributed by atoms with Crippen LogP contribution >= 0.6 is 0 Å². The fraction of sp³-hybridized carbons (Fsp3) is 0.367. The van der Waals surface area contributed by atoms with E-state index in [-0.39, 0.29) is 11.8 Å². The summed E-state index contributed by atoms with van der Waals surface area (Å²) in [6.07, 6.45) is 8.05. The van der Waals surface area contributed by atoms with Crippen molar-refractivity contribution in [3.8, 4) is 28.8 Å². The van der Waals surface area contributed by atoms with E-state index in [1.807, 2.05) is 24.4 Å². The number of amides is 1. The lowest BCUT2D eigenvalue weighted by atomic mass is 9.89. The first-order valence-electron chi connectivity index (χ1n) is 14.1. The maximum absolute atomic E-state index is 12.7. The van der Waals surface area contributed by atoms with E-state index in [4.69, 9.17) is 14.5 Å². The molecular weight excluding hydrogens is 534 g/mol. The number of anilines is 2. The Hall–Kier alpha value is -4.73. The van der Waals surface area contributed by atoms with Crippen molar-refractivity contribution in [1.29, 1.82) is 5.26 Å². The quantitative estimate of drug-likeness (QED) is 0.311. The molecule has 12 heteroatoms. The van der Waals surface area contributed by atoms with Gasteiger partial charge in [-0.3, -0.25) is 9.69 Å². The summed E-state index contributed by atoms with van der Waals surface area (Å²) in [5.41, 5.74) is 3.54. The average Bonchev–Trinajstić information content (AvgIpc) is 3.42. The summed E-state index contributed by atoms with van der Waals surface area (Å²) in [6.45, 7) is 4.71. The van der Waals surface area contributed by atoms with Crippen LogP contribution < -0.4 is 25.0 Å². The van der Waals surface area contributed by atoms with Crippen LogP contribution in [0.2, 0.25) is 0 Å². The van der Waals surface area contributed by atoms with Crippen LogP contribution in [0.5, 0.6) is 11.6 Å². The van der Waals surface area contributed by atoms with Crippen molar-refractivity contribution >= 4 is 22.9 Å². The van der Waals surface area contributed by atoms with Crippen LogP contribution in [-0.2, 0) is 4.79 Å². The van der Waals surface area contributed by atoms with Crippen LogP contribution in [0.25, 0.3) is 16.6 Å². The molecule has 2 atom stereocenters. The number of piperazine rings is 1. The topological polar surface area (TPSA) is 133 Å². The molecule has 3 saturated heterocycles. The van der Waals surface area contributed by atoms with E-state index in [2.05, 4.69) is 36.6 Å². The normalized spacial score (nSPS) is 20.0. The zero-order valence-corrected chi connectivity index (χ0v) is 23.2. The van der Waals surface area contributed by atoms with Gasteiger partial charge in [0, 0.05) is 68.2 Å². The van der Waals surface area contributed by atoms with Crippen molar-refractivity contribution in [2.45, 2.75) is 18.5 Å². The lowest BCUT2D eigenvalue weighted by Crippen LogP contribution is -2.68. The molecule has 3 aliphatic rings. The van der Waals surface area contributed by atoms with Crippen molar-refractivity contribution in [2.75, 3.05) is 56.7 Å². The van der Waals surface area contributed by atoms with Crippen LogP contribution in [0, 0.1) is 17.2 Å². The minimum Gasteiger partial charge on any atom is -0.491 e. The SMILES string of the molecule is COc1ccc(NC(=O)C2CN(c3ccc(-c4cc(OCCN5C6CNCC5C6)cn5ncc(C#N)c45)cn3)C2)cn1. The number of rotatable bonds is 9. The highest BCUT2D eigenvalue weighted by Gasteiger charge is 2.40. The molecule has 2 N–H and O–H groups in total. The Labute approximate surface area is 242 Å². The lowest BCUT2D eigenvalue weighted by molar-refractivity contribution is -0.120. The van der Waals surface area contributed by atoms with Crippen LogP contribution in [0.15, 0.2) is 55.1 Å². The van der Waals surface area contributed by atoms with Gasteiger partial charge in [-0.25, -0.2) is 14.5 Å². The van der Waals surface area contributed by atoms with Gasteiger partial charge in [-0.05, 0) is 30.7 Å². The molecule has 2 unspecified atom stereocenters. The first-order chi connectivity index (χ1) is 20.6. The second-order valence-electron chi connectivity index (χ2n) is 10.9. The number of hydrogen-bond acceptors (Lipinski definition) is 10. The molecule has 0 radical (unpaired) electrons. The van der Waals surface area contributed by atoms with Gasteiger partial charge < -0.3 is 25.0 Å². The molecule has 3 fully saturated rings. The molecule has 12 nitrogen and oxygen atoms in total. The highest BCUT2D eigenvalue weighted by atomic mass is 16.5. The zero-order valence-electron chi connectivity index (χ0n) is 23.2. The fourth-order valence-electron chi connectivity index (χ4n) is 6.06. The van der Waals surface area contributed by atoms with Gasteiger partial charge in [0.1, 0.15) is 24.2 Å². The van der Waals surface area contributed by atoms with E-state index in [1.165, 1.54) is 6.42 Å². The van der Waals surface area contributed by atoms with E-state index < -0.39 is 0 Å². The maximum atomic E-state index is 12.7. The molecule has 0 aliphatic carbocycles. The molecule has 2 bridgehead atoms. The van der Waals surface area contributed by atoms with Gasteiger partial charge in [0.2, 0.25) is 11.8 Å². The number of nitrogens with zero attached hydrogens (tertiary/aromatic N) is 7. The molecule has 4 aromatic rings. The molecular formula is C30H31N9O3. The Morgan fingerprint density at radius 3 is 2.69 bits per heavy atom. The summed E-state index contributed by atoms with van der Waals surface area (Å²) in [6, 6.07) is 12.8. The van der Waals surface area contributed by atoms with Crippen LogP contribution in [0.1, 0.15) is 12.0 Å². The van der Waals surface area contributed by atoms with Gasteiger partial charge in [0.05, 0.1) is 48.4 Å². The fourth-order valence-corrected chi connectivity index (χ4v) is 6.06. The average molecular weight is 566 g/mol. The van der Waals surface area contributed by atoms with E-state index in [1.54, 1.807) is 42.3 Å². The summed E-state index contributed by atoms with van der Waals surface area (Å²) in [5.74, 6) is 1.80. The molecule has 0 spiro atoms. The predicted octanol–water partition coefficient (Wildman–Crippen LogP) is 2.17. The number of methoxy groups -OCH3 is 1. The minimum atomic E-state index is -0.140. The second kappa shape index (κ2) is 10.9. The number of aromatic nitrogens is 4. The minimum absolute atomic E-state index is 0.0483. The van der Waals surface area contributed by atoms with Crippen molar-refractivity contribution in [3.05, 3.63) is 60.7 Å². The number of fused-ring (bicyclic) bond motifs is 3. The molecule has 4 aromatic heterocycles. The zero-order chi connectivity index (χ0) is 28.6. The number of nitriles is 1. The van der Waals surface area contributed by atoms with Crippen molar-refractivity contribution in [2.24, 2.45) is 5.92 Å². The standard InChI is InChI=1S/C30H31N9O3/c1-41-28-5-3-22(13-34-28)36-30(40)21-16-37(17-21)27-4-2-19(11-33-27)26-9-25(18-39-29(26)20(10-31)12-35-39)42-7-6-38-23-8-24(38)15-32-14-23/h2-5,9,11-13,18,21,23-24,32H,6-8,14-17H2,1H3,(H,36,40). The largest absolute Gasteiger partial charge is 0.491 e. The smallest absolute Gasteiger partial charge is 0.231 e. The molecule has 3 aliphatic heterocycles. The van der Waals surface area contributed by atoms with Gasteiger partial charge in [-0.2, -0.15) is 10.4 Å². The van der Waals surface area contributed by atoms with Crippen molar-refractivity contribution < 1.29 is 14.3 Å². The summed E-state index contributed by atoms with van der Waals surface area (Å²) in [7, 11) is 1.55. The predicted molar refractivity (Wildman–Crippen MR) is 156 cm³/mol. The number of carbonyl (C=O) groups excluding carboxylic acids is 1. The Balaban J connectivity index is 1.02. The van der Waals surface area contributed by atoms with E-state index in [0.717, 1.165) is 42.1 Å². The van der Waals surface area contributed by atoms with Crippen LogP contribution in [0.3, 0.4) is 0 Å². The molecule has 0 aromatic carbocycles. The van der Waals surface area contributed by atoms with Crippen LogP contribution in [-0.4, -0.2) is 88.9 Å². The molecule has 7 rings (SSSR count). The van der Waals surface area contributed by atoms with E-state index in [9.17, 15) is 10.1 Å². The van der Waals surface area contributed by atoms with Crippen LogP contribution in [0.4, 0.5) is 11.5 Å². The van der Waals surface area contributed by atoms with Crippen molar-refractivity contribution in [3.63, 3.8) is 0 Å². The number of ether oxygens (including phenoxy) is 2. The van der Waals surface area contributed by atoms with Gasteiger partial charge in [-0.15, -0.1) is 0 Å². The van der Waals surface area contributed by atoms with Gasteiger partial charge in [0.15, 0.2) is 0 Å². The molecule has 42 heavy (non-hydrogen) atoms. The Kier molecular flexibility index (Phi) is 6.81. The summed E-state index contributed by atoms with van der Waals surface area (Å²) in [4.78, 5) is 26.1. The summed E-state index contributed by atoms with van der Waals surface area (Å²) < 4.78 is 13.0. The maximum Gasteiger partial charge on any atom is 0.231 e. The van der Waals surface area contributed by atoms with Gasteiger partial charge in [-0.1, -0.05) is 0 Å². The van der Waals surface area contributed by atoms with E-state index >= 15 is 0 Å². The molecule has 214 valence electrons. The lowest BCUT2D eigenvalue weighted by Gasteiger charge is -2.53. The summed E-state index contributed by atoms with van der Waals surface area (Å²) >= 11 is 0. The highest BCUT2D eigenvalue weighted by Crippen LogP contribution is 2.33. The first-order valence-corrected chi connectivity index (χ1v) is 14.1. The Bertz CT molecular complexity index is 1630. The number of carbonyl (C=O) groups is 1. The van der Waals surface area contributed by atoms with E-state index in [0.29, 0.717) is 54.7 Å². The first kappa shape index (κ1) is 26.2. The third-order valence-electron chi connectivity index (χ3n) is 8.42. The number of pyridine rings is 3. The van der Waals surface area contributed by atoms with Gasteiger partial charge in [0.25, 0.3) is 0 Å². The molecule has 0 saturated carbocycles. The Morgan fingerprint density at radius 2 is 2.00 bits per heavy atom. The number of hydrogen-bond donors (Lipinski definition) is 2. The second-order valence-corrected chi connectivity index (χ2v) is 10.9. The monoisotopic (exact) mass is 565 g/mol. The Morgan fingerprint density at radius 1 is 1.14 bits per heavy atom. The van der Waals surface area contributed by atoms with Crippen molar-refractivity contribution in [1.82, 2.24) is 29.8 Å². The molecule has 7 heterocycles. The third kappa shape index (κ3) is 4.87. The number of nitrogens with one attached hydrogen (secondary N) is 2. The molecule has 1 amide bonds. The van der Waals surface area contributed by atoms with Gasteiger partial charge >= 0.3 is 0 Å².